The maximum Gasteiger partial charge on any atom is 0.258 e. The van der Waals surface area contributed by atoms with E-state index in [2.05, 4.69) is 25.6 Å². The second kappa shape index (κ2) is 5.86. The standard InChI is InChI=1S/C17H13N5OS/c1-18-17-20-8-14-15(22-17)12(9-24-14)16(23)21-11-4-5-13-10(7-11)3-2-6-19-13/h2-9H,1H3,(H,21,23)(H,18,20,22). The van der Waals surface area contributed by atoms with E-state index in [1.165, 1.54) is 11.3 Å². The van der Waals surface area contributed by atoms with Crippen LogP contribution in [0.3, 0.4) is 0 Å². The molecule has 0 spiro atoms. The van der Waals surface area contributed by atoms with Crippen LogP contribution in [-0.4, -0.2) is 27.9 Å². The quantitative estimate of drug-likeness (QED) is 0.599. The van der Waals surface area contributed by atoms with Crippen LogP contribution in [0.4, 0.5) is 11.6 Å². The number of nitrogens with one attached hydrogen (secondary N) is 2. The van der Waals surface area contributed by atoms with Crippen LogP contribution in [0.5, 0.6) is 0 Å². The summed E-state index contributed by atoms with van der Waals surface area (Å²) in [7, 11) is 1.75. The van der Waals surface area contributed by atoms with E-state index < -0.39 is 0 Å². The zero-order valence-corrected chi connectivity index (χ0v) is 13.6. The molecule has 4 aromatic rings. The predicted molar refractivity (Wildman–Crippen MR) is 96.7 cm³/mol. The van der Waals surface area contributed by atoms with Gasteiger partial charge in [-0.2, -0.15) is 0 Å². The number of hydrogen-bond acceptors (Lipinski definition) is 6. The summed E-state index contributed by atoms with van der Waals surface area (Å²) in [4.78, 5) is 25.4. The third-order valence-corrected chi connectivity index (χ3v) is 4.55. The molecular weight excluding hydrogens is 322 g/mol. The summed E-state index contributed by atoms with van der Waals surface area (Å²) in [5, 5.41) is 8.59. The van der Waals surface area contributed by atoms with Crippen LogP contribution in [0, 0.1) is 0 Å². The topological polar surface area (TPSA) is 79.8 Å². The molecule has 2 N–H and O–H groups in total. The number of rotatable bonds is 3. The molecule has 3 aromatic heterocycles. The molecule has 118 valence electrons. The van der Waals surface area contributed by atoms with Crippen molar-refractivity contribution in [1.82, 2.24) is 15.0 Å². The van der Waals surface area contributed by atoms with Crippen molar-refractivity contribution in [2.45, 2.75) is 0 Å². The number of nitrogens with zero attached hydrogens (tertiary/aromatic N) is 3. The predicted octanol–water partition coefficient (Wildman–Crippen LogP) is 3.53. The van der Waals surface area contributed by atoms with E-state index in [0.717, 1.165) is 21.3 Å². The van der Waals surface area contributed by atoms with Crippen molar-refractivity contribution in [2.75, 3.05) is 17.7 Å². The molecule has 0 radical (unpaired) electrons. The summed E-state index contributed by atoms with van der Waals surface area (Å²) in [6.07, 6.45) is 3.47. The Morgan fingerprint density at radius 2 is 2.12 bits per heavy atom. The highest BCUT2D eigenvalue weighted by Crippen LogP contribution is 2.26. The van der Waals surface area contributed by atoms with Crippen molar-refractivity contribution in [3.05, 3.63) is 53.7 Å². The van der Waals surface area contributed by atoms with Crippen LogP contribution in [-0.2, 0) is 0 Å². The summed E-state index contributed by atoms with van der Waals surface area (Å²) in [6, 6.07) is 9.47. The average Bonchev–Trinajstić information content (AvgIpc) is 3.04. The van der Waals surface area contributed by atoms with Gasteiger partial charge < -0.3 is 10.6 Å². The zero-order valence-electron chi connectivity index (χ0n) is 12.8. The molecule has 0 atom stereocenters. The van der Waals surface area contributed by atoms with Gasteiger partial charge in [-0.1, -0.05) is 6.07 Å². The highest BCUT2D eigenvalue weighted by atomic mass is 32.1. The number of carbonyl (C=O) groups excluding carboxylic acids is 1. The minimum Gasteiger partial charge on any atom is -0.357 e. The molecule has 0 unspecified atom stereocenters. The second-order valence-electron chi connectivity index (χ2n) is 5.17. The first-order chi connectivity index (χ1) is 11.7. The largest absolute Gasteiger partial charge is 0.357 e. The van der Waals surface area contributed by atoms with Crippen LogP contribution in [0.25, 0.3) is 21.1 Å². The van der Waals surface area contributed by atoms with Crippen LogP contribution in [0.15, 0.2) is 48.1 Å². The molecule has 1 amide bonds. The number of carbonyl (C=O) groups is 1. The number of thiophene rings is 1. The second-order valence-corrected chi connectivity index (χ2v) is 6.08. The Morgan fingerprint density at radius 3 is 3.00 bits per heavy atom. The van der Waals surface area contributed by atoms with E-state index in [9.17, 15) is 4.79 Å². The van der Waals surface area contributed by atoms with Crippen molar-refractivity contribution >= 4 is 50.0 Å². The molecular formula is C17H13N5OS. The average molecular weight is 335 g/mol. The molecule has 0 aliphatic heterocycles. The van der Waals surface area contributed by atoms with Gasteiger partial charge in [0.05, 0.1) is 27.5 Å². The normalized spacial score (nSPS) is 10.9. The molecule has 0 bridgehead atoms. The molecule has 6 nitrogen and oxygen atoms in total. The molecule has 0 saturated carbocycles. The van der Waals surface area contributed by atoms with Crippen LogP contribution in [0.1, 0.15) is 10.4 Å². The summed E-state index contributed by atoms with van der Waals surface area (Å²) < 4.78 is 0.877. The summed E-state index contributed by atoms with van der Waals surface area (Å²) in [5.74, 6) is 0.303. The fraction of sp³-hybridized carbons (Fsp3) is 0.0588. The van der Waals surface area contributed by atoms with Gasteiger partial charge in [-0.15, -0.1) is 11.3 Å². The minimum absolute atomic E-state index is 0.190. The smallest absolute Gasteiger partial charge is 0.258 e. The minimum atomic E-state index is -0.190. The number of benzene rings is 1. The van der Waals surface area contributed by atoms with Crippen LogP contribution < -0.4 is 10.6 Å². The van der Waals surface area contributed by atoms with Gasteiger partial charge >= 0.3 is 0 Å². The Labute approximate surface area is 141 Å². The Kier molecular flexibility index (Phi) is 3.55. The van der Waals surface area contributed by atoms with Gasteiger partial charge in [0.25, 0.3) is 5.91 Å². The number of pyridine rings is 1. The van der Waals surface area contributed by atoms with E-state index in [1.54, 1.807) is 24.8 Å². The molecule has 0 saturated heterocycles. The first-order valence-corrected chi connectivity index (χ1v) is 8.21. The highest BCUT2D eigenvalue weighted by Gasteiger charge is 2.15. The summed E-state index contributed by atoms with van der Waals surface area (Å²) in [6.45, 7) is 0. The van der Waals surface area contributed by atoms with Gasteiger partial charge in [0, 0.05) is 29.7 Å². The lowest BCUT2D eigenvalue weighted by Crippen LogP contribution is -2.11. The van der Waals surface area contributed by atoms with Gasteiger partial charge in [-0.25, -0.2) is 9.97 Å². The first kappa shape index (κ1) is 14.5. The van der Waals surface area contributed by atoms with E-state index in [0.29, 0.717) is 17.0 Å². The number of hydrogen-bond donors (Lipinski definition) is 2. The number of aromatic nitrogens is 3. The molecule has 7 heteroatoms. The molecule has 3 heterocycles. The number of fused-ring (bicyclic) bond motifs is 2. The van der Waals surface area contributed by atoms with Crippen LogP contribution >= 0.6 is 11.3 Å². The third-order valence-electron chi connectivity index (χ3n) is 3.64. The molecule has 0 aliphatic carbocycles. The Bertz CT molecular complexity index is 1060. The van der Waals surface area contributed by atoms with Gasteiger partial charge in [0.2, 0.25) is 5.95 Å². The fourth-order valence-corrected chi connectivity index (χ4v) is 3.31. The lowest BCUT2D eigenvalue weighted by Gasteiger charge is -2.06. The van der Waals surface area contributed by atoms with Crippen molar-refractivity contribution < 1.29 is 4.79 Å². The summed E-state index contributed by atoms with van der Waals surface area (Å²) in [5.41, 5.74) is 2.81. The maximum atomic E-state index is 12.6. The van der Waals surface area contributed by atoms with E-state index in [4.69, 9.17) is 0 Å². The Hall–Kier alpha value is -3.06. The lowest BCUT2D eigenvalue weighted by molar-refractivity contribution is 0.102. The monoisotopic (exact) mass is 335 g/mol. The number of amides is 1. The maximum absolute atomic E-state index is 12.6. The molecule has 4 rings (SSSR count). The number of anilines is 2. The zero-order chi connectivity index (χ0) is 16.5. The Balaban J connectivity index is 1.68. The molecule has 1 aromatic carbocycles. The molecule has 24 heavy (non-hydrogen) atoms. The van der Waals surface area contributed by atoms with Crippen molar-refractivity contribution in [2.24, 2.45) is 0 Å². The lowest BCUT2D eigenvalue weighted by atomic mass is 10.2. The Morgan fingerprint density at radius 1 is 1.21 bits per heavy atom. The van der Waals surface area contributed by atoms with E-state index in [-0.39, 0.29) is 5.91 Å². The van der Waals surface area contributed by atoms with Gasteiger partial charge in [0.15, 0.2) is 0 Å². The van der Waals surface area contributed by atoms with E-state index in [1.807, 2.05) is 30.3 Å². The first-order valence-electron chi connectivity index (χ1n) is 7.33. The summed E-state index contributed by atoms with van der Waals surface area (Å²) >= 11 is 1.45. The van der Waals surface area contributed by atoms with Crippen LogP contribution in [0.2, 0.25) is 0 Å². The molecule has 0 aliphatic rings. The van der Waals surface area contributed by atoms with Crippen molar-refractivity contribution in [3.63, 3.8) is 0 Å². The van der Waals surface area contributed by atoms with E-state index >= 15 is 0 Å². The fourth-order valence-electron chi connectivity index (χ4n) is 2.46. The van der Waals surface area contributed by atoms with Gasteiger partial charge in [-0.05, 0) is 24.3 Å². The van der Waals surface area contributed by atoms with Crippen molar-refractivity contribution in [3.8, 4) is 0 Å². The SMILES string of the molecule is CNc1ncc2scc(C(=O)Nc3ccc4ncccc4c3)c2n1. The van der Waals surface area contributed by atoms with Gasteiger partial charge in [0.1, 0.15) is 0 Å². The third kappa shape index (κ3) is 2.55. The van der Waals surface area contributed by atoms with Crippen molar-refractivity contribution in [1.29, 1.82) is 0 Å². The molecule has 0 fully saturated rings. The highest BCUT2D eigenvalue weighted by molar-refractivity contribution is 7.17. The van der Waals surface area contributed by atoms with Gasteiger partial charge in [-0.3, -0.25) is 9.78 Å².